The minimum atomic E-state index is -0.381. The molecule has 2 aromatic rings. The molecule has 1 aromatic heterocycles. The van der Waals surface area contributed by atoms with Gasteiger partial charge in [0.2, 0.25) is 0 Å². The van der Waals surface area contributed by atoms with E-state index in [1.807, 2.05) is 0 Å². The van der Waals surface area contributed by atoms with Crippen molar-refractivity contribution in [1.29, 1.82) is 0 Å². The first-order chi connectivity index (χ1) is 8.50. The van der Waals surface area contributed by atoms with Crippen LogP contribution in [0.1, 0.15) is 21.8 Å². The van der Waals surface area contributed by atoms with E-state index in [9.17, 15) is 4.79 Å². The monoisotopic (exact) mass is 284 g/mol. The van der Waals surface area contributed by atoms with Gasteiger partial charge in [0.15, 0.2) is 5.69 Å². The fraction of sp³-hybridized carbons (Fsp3) is 0.167. The fourth-order valence-corrected chi connectivity index (χ4v) is 1.76. The van der Waals surface area contributed by atoms with Crippen LogP contribution in [0.3, 0.4) is 0 Å². The lowest BCUT2D eigenvalue weighted by molar-refractivity contribution is 0.101. The molecule has 1 heterocycles. The summed E-state index contributed by atoms with van der Waals surface area (Å²) in [6.07, 6.45) is 0. The van der Waals surface area contributed by atoms with E-state index in [4.69, 9.17) is 27.7 Å². The van der Waals surface area contributed by atoms with Gasteiger partial charge < -0.3 is 9.84 Å². The molecule has 1 amide bonds. The highest BCUT2D eigenvalue weighted by Crippen LogP contribution is 2.29. The number of aromatic nitrogens is 1. The summed E-state index contributed by atoms with van der Waals surface area (Å²) in [5, 5.41) is 7.02. The number of halogens is 2. The largest absolute Gasteiger partial charge is 0.361 e. The van der Waals surface area contributed by atoms with Crippen molar-refractivity contribution in [2.24, 2.45) is 0 Å². The van der Waals surface area contributed by atoms with Crippen LogP contribution in [0.2, 0.25) is 10.0 Å². The Labute approximate surface area is 114 Å². The van der Waals surface area contributed by atoms with Crippen molar-refractivity contribution in [1.82, 2.24) is 5.16 Å². The van der Waals surface area contributed by atoms with Crippen molar-refractivity contribution in [3.63, 3.8) is 0 Å². The van der Waals surface area contributed by atoms with Crippen LogP contribution < -0.4 is 5.32 Å². The summed E-state index contributed by atoms with van der Waals surface area (Å²) in [6, 6.07) is 5.00. The number of anilines is 1. The van der Waals surface area contributed by atoms with Crippen LogP contribution in [0.15, 0.2) is 22.7 Å². The number of aryl methyl sites for hydroxylation is 1. The number of hydrogen-bond acceptors (Lipinski definition) is 3. The van der Waals surface area contributed by atoms with E-state index in [2.05, 4.69) is 10.5 Å². The van der Waals surface area contributed by atoms with Crippen molar-refractivity contribution in [2.45, 2.75) is 13.8 Å². The molecule has 6 heteroatoms. The number of hydrogen-bond donors (Lipinski definition) is 1. The van der Waals surface area contributed by atoms with E-state index in [-0.39, 0.29) is 11.6 Å². The maximum absolute atomic E-state index is 12.0. The number of carbonyl (C=O) groups is 1. The molecule has 0 spiro atoms. The predicted octanol–water partition coefficient (Wildman–Crippen LogP) is 3.85. The van der Waals surface area contributed by atoms with Crippen LogP contribution in [0, 0.1) is 13.8 Å². The second kappa shape index (κ2) is 5.00. The van der Waals surface area contributed by atoms with Gasteiger partial charge in [0, 0.05) is 5.56 Å². The number of nitrogens with zero attached hydrogens (tertiary/aromatic N) is 1. The van der Waals surface area contributed by atoms with Gasteiger partial charge in [0.1, 0.15) is 5.76 Å². The van der Waals surface area contributed by atoms with Gasteiger partial charge >= 0.3 is 0 Å². The first kappa shape index (κ1) is 12.9. The zero-order valence-corrected chi connectivity index (χ0v) is 11.3. The maximum atomic E-state index is 12.0. The maximum Gasteiger partial charge on any atom is 0.278 e. The molecule has 0 saturated carbocycles. The molecule has 0 bridgehead atoms. The zero-order chi connectivity index (χ0) is 13.3. The molecule has 0 atom stereocenters. The van der Waals surface area contributed by atoms with Crippen LogP contribution in [0.4, 0.5) is 5.69 Å². The molecule has 2 rings (SSSR count). The van der Waals surface area contributed by atoms with E-state index in [0.717, 1.165) is 0 Å². The quantitative estimate of drug-likeness (QED) is 0.911. The Kier molecular flexibility index (Phi) is 3.59. The van der Waals surface area contributed by atoms with Crippen LogP contribution in [0.25, 0.3) is 0 Å². The minimum absolute atomic E-state index is 0.239. The Bertz CT molecular complexity index is 608. The Balaban J connectivity index is 2.27. The molecule has 0 saturated heterocycles. The Hall–Kier alpha value is -1.52. The summed E-state index contributed by atoms with van der Waals surface area (Å²) < 4.78 is 4.94. The Morgan fingerprint density at radius 3 is 2.67 bits per heavy atom. The van der Waals surface area contributed by atoms with E-state index in [1.54, 1.807) is 32.0 Å². The zero-order valence-electron chi connectivity index (χ0n) is 9.75. The summed E-state index contributed by atoms with van der Waals surface area (Å²) in [5.74, 6) is 0.228. The SMILES string of the molecule is Cc1onc(C(=O)Nc2cccc(Cl)c2Cl)c1C. The second-order valence-electron chi connectivity index (χ2n) is 3.77. The molecule has 0 radical (unpaired) electrons. The number of rotatable bonds is 2. The summed E-state index contributed by atoms with van der Waals surface area (Å²) in [4.78, 5) is 12.0. The summed E-state index contributed by atoms with van der Waals surface area (Å²) >= 11 is 11.8. The molecular weight excluding hydrogens is 275 g/mol. The molecule has 0 aliphatic carbocycles. The summed E-state index contributed by atoms with van der Waals surface area (Å²) in [6.45, 7) is 3.51. The number of amides is 1. The summed E-state index contributed by atoms with van der Waals surface area (Å²) in [7, 11) is 0. The summed E-state index contributed by atoms with van der Waals surface area (Å²) in [5.41, 5.74) is 1.38. The van der Waals surface area contributed by atoms with Crippen molar-refractivity contribution in [3.05, 3.63) is 45.3 Å². The average Bonchev–Trinajstić information content (AvgIpc) is 2.66. The van der Waals surface area contributed by atoms with Crippen molar-refractivity contribution in [3.8, 4) is 0 Å². The highest BCUT2D eigenvalue weighted by molar-refractivity contribution is 6.44. The van der Waals surface area contributed by atoms with Crippen molar-refractivity contribution in [2.75, 3.05) is 5.32 Å². The number of nitrogens with one attached hydrogen (secondary N) is 1. The van der Waals surface area contributed by atoms with E-state index < -0.39 is 0 Å². The van der Waals surface area contributed by atoms with Gasteiger partial charge in [-0.05, 0) is 26.0 Å². The molecule has 0 fully saturated rings. The molecule has 18 heavy (non-hydrogen) atoms. The van der Waals surface area contributed by atoms with Gasteiger partial charge in [-0.3, -0.25) is 4.79 Å². The smallest absolute Gasteiger partial charge is 0.278 e. The topological polar surface area (TPSA) is 55.1 Å². The fourth-order valence-electron chi connectivity index (χ4n) is 1.41. The van der Waals surface area contributed by atoms with Gasteiger partial charge in [-0.25, -0.2) is 0 Å². The van der Waals surface area contributed by atoms with Gasteiger partial charge in [-0.15, -0.1) is 0 Å². The minimum Gasteiger partial charge on any atom is -0.361 e. The molecule has 0 aliphatic heterocycles. The lowest BCUT2D eigenvalue weighted by atomic mass is 10.2. The molecule has 0 unspecified atom stereocenters. The lowest BCUT2D eigenvalue weighted by Crippen LogP contribution is -2.13. The van der Waals surface area contributed by atoms with Crippen LogP contribution in [-0.2, 0) is 0 Å². The normalized spacial score (nSPS) is 10.4. The first-order valence-electron chi connectivity index (χ1n) is 5.19. The standard InChI is InChI=1S/C12H10Cl2N2O2/c1-6-7(2)18-16-11(6)12(17)15-9-5-3-4-8(13)10(9)14/h3-5H,1-2H3,(H,15,17). The molecule has 0 aliphatic rings. The van der Waals surface area contributed by atoms with Crippen LogP contribution in [-0.4, -0.2) is 11.1 Å². The highest BCUT2D eigenvalue weighted by atomic mass is 35.5. The molecule has 1 N–H and O–H groups in total. The van der Waals surface area contributed by atoms with Crippen LogP contribution in [0.5, 0.6) is 0 Å². The predicted molar refractivity (Wildman–Crippen MR) is 70.4 cm³/mol. The highest BCUT2D eigenvalue weighted by Gasteiger charge is 2.17. The third kappa shape index (κ3) is 2.35. The Morgan fingerprint density at radius 1 is 1.33 bits per heavy atom. The van der Waals surface area contributed by atoms with E-state index >= 15 is 0 Å². The average molecular weight is 285 g/mol. The molecular formula is C12H10Cl2N2O2. The van der Waals surface area contributed by atoms with E-state index in [1.165, 1.54) is 0 Å². The number of benzene rings is 1. The van der Waals surface area contributed by atoms with Gasteiger partial charge in [0.25, 0.3) is 5.91 Å². The molecule has 4 nitrogen and oxygen atoms in total. The molecule has 1 aromatic carbocycles. The third-order valence-corrected chi connectivity index (χ3v) is 3.39. The first-order valence-corrected chi connectivity index (χ1v) is 5.94. The molecule has 94 valence electrons. The second-order valence-corrected chi connectivity index (χ2v) is 4.55. The van der Waals surface area contributed by atoms with Gasteiger partial charge in [0.05, 0.1) is 15.7 Å². The Morgan fingerprint density at radius 2 is 2.06 bits per heavy atom. The third-order valence-electron chi connectivity index (χ3n) is 2.57. The van der Waals surface area contributed by atoms with Crippen LogP contribution >= 0.6 is 23.2 Å². The van der Waals surface area contributed by atoms with E-state index in [0.29, 0.717) is 27.1 Å². The van der Waals surface area contributed by atoms with Crippen molar-refractivity contribution >= 4 is 34.8 Å². The lowest BCUT2D eigenvalue weighted by Gasteiger charge is -2.06. The van der Waals surface area contributed by atoms with Gasteiger partial charge in [-0.1, -0.05) is 34.4 Å². The van der Waals surface area contributed by atoms with Crippen molar-refractivity contribution < 1.29 is 9.32 Å². The van der Waals surface area contributed by atoms with Gasteiger partial charge in [-0.2, -0.15) is 0 Å². The number of carbonyl (C=O) groups excluding carboxylic acids is 1.